The van der Waals surface area contributed by atoms with E-state index in [9.17, 15) is 10.2 Å². The van der Waals surface area contributed by atoms with Gasteiger partial charge in [-0.15, -0.1) is 0 Å². The van der Waals surface area contributed by atoms with E-state index in [1.807, 2.05) is 6.92 Å². The second-order valence-corrected chi connectivity index (χ2v) is 7.04. The molecule has 2 bridgehead atoms. The number of hydrogen-bond donors (Lipinski definition) is 2. The van der Waals surface area contributed by atoms with E-state index in [1.54, 1.807) is 0 Å². The molecule has 0 aliphatic heterocycles. The average molecular weight is 236 g/mol. The topological polar surface area (TPSA) is 40.5 Å². The highest BCUT2D eigenvalue weighted by Crippen LogP contribution is 2.72. The second kappa shape index (κ2) is 3.16. The number of aliphatic hydroxyl groups is 2. The summed E-state index contributed by atoms with van der Waals surface area (Å²) in [6, 6.07) is 0. The van der Waals surface area contributed by atoms with Crippen LogP contribution in [0.2, 0.25) is 0 Å². The molecule has 0 radical (unpaired) electrons. The molecule has 96 valence electrons. The van der Waals surface area contributed by atoms with Crippen molar-refractivity contribution in [1.29, 1.82) is 0 Å². The van der Waals surface area contributed by atoms with E-state index in [1.165, 1.54) is 12.0 Å². The Morgan fingerprint density at radius 3 is 2.47 bits per heavy atom. The van der Waals surface area contributed by atoms with Gasteiger partial charge in [0.2, 0.25) is 0 Å². The van der Waals surface area contributed by atoms with Crippen LogP contribution in [0.1, 0.15) is 47.0 Å². The van der Waals surface area contributed by atoms with Crippen molar-refractivity contribution in [2.45, 2.75) is 59.2 Å². The number of rotatable bonds is 0. The molecule has 0 aromatic heterocycles. The minimum Gasteiger partial charge on any atom is -0.389 e. The Kier molecular flexibility index (Phi) is 2.18. The van der Waals surface area contributed by atoms with E-state index >= 15 is 0 Å². The Morgan fingerprint density at radius 1 is 1.18 bits per heavy atom. The van der Waals surface area contributed by atoms with Crippen LogP contribution in [0.5, 0.6) is 0 Å². The normalized spacial score (nSPS) is 51.9. The smallest absolute Gasteiger partial charge is 0.0792 e. The maximum Gasteiger partial charge on any atom is 0.0792 e. The van der Waals surface area contributed by atoms with Gasteiger partial charge >= 0.3 is 0 Å². The van der Waals surface area contributed by atoms with Crippen molar-refractivity contribution >= 4 is 0 Å². The second-order valence-electron chi connectivity index (χ2n) is 7.04. The van der Waals surface area contributed by atoms with Crippen molar-refractivity contribution in [1.82, 2.24) is 0 Å². The number of hydrogen-bond acceptors (Lipinski definition) is 2. The van der Waals surface area contributed by atoms with Crippen molar-refractivity contribution in [3.8, 4) is 0 Å². The van der Waals surface area contributed by atoms with Gasteiger partial charge in [0.05, 0.1) is 12.2 Å². The zero-order valence-corrected chi connectivity index (χ0v) is 11.3. The predicted molar refractivity (Wildman–Crippen MR) is 67.4 cm³/mol. The SMILES string of the molecule is CC1=C2C(O)C3CCC(C)C2(CC1O)C3(C)C. The Bertz CT molecular complexity index is 396. The van der Waals surface area contributed by atoms with Gasteiger partial charge in [0.15, 0.2) is 0 Å². The summed E-state index contributed by atoms with van der Waals surface area (Å²) in [7, 11) is 0. The van der Waals surface area contributed by atoms with Crippen molar-refractivity contribution in [2.75, 3.05) is 0 Å². The monoisotopic (exact) mass is 236 g/mol. The first-order valence-corrected chi connectivity index (χ1v) is 6.91. The quantitative estimate of drug-likeness (QED) is 0.634. The lowest BCUT2D eigenvalue weighted by Crippen LogP contribution is -2.45. The van der Waals surface area contributed by atoms with Gasteiger partial charge < -0.3 is 10.2 Å². The lowest BCUT2D eigenvalue weighted by molar-refractivity contribution is -0.0384. The lowest BCUT2D eigenvalue weighted by atomic mass is 9.53. The highest BCUT2D eigenvalue weighted by Gasteiger charge is 2.68. The van der Waals surface area contributed by atoms with E-state index in [2.05, 4.69) is 20.8 Å². The van der Waals surface area contributed by atoms with Crippen LogP contribution in [0.25, 0.3) is 0 Å². The molecule has 0 saturated heterocycles. The Morgan fingerprint density at radius 2 is 1.82 bits per heavy atom. The van der Waals surface area contributed by atoms with E-state index in [0.717, 1.165) is 18.4 Å². The highest BCUT2D eigenvalue weighted by atomic mass is 16.3. The van der Waals surface area contributed by atoms with Crippen LogP contribution in [-0.2, 0) is 0 Å². The van der Waals surface area contributed by atoms with Crippen LogP contribution >= 0.6 is 0 Å². The van der Waals surface area contributed by atoms with Crippen LogP contribution in [-0.4, -0.2) is 22.4 Å². The largest absolute Gasteiger partial charge is 0.389 e. The summed E-state index contributed by atoms with van der Waals surface area (Å²) in [5, 5.41) is 20.8. The first-order valence-electron chi connectivity index (χ1n) is 6.91. The van der Waals surface area contributed by atoms with Crippen molar-refractivity contribution in [3.63, 3.8) is 0 Å². The van der Waals surface area contributed by atoms with Crippen molar-refractivity contribution < 1.29 is 10.2 Å². The predicted octanol–water partition coefficient (Wildman–Crippen LogP) is 2.50. The third kappa shape index (κ3) is 1.05. The molecule has 3 aliphatic rings. The Labute approximate surface area is 104 Å². The summed E-state index contributed by atoms with van der Waals surface area (Å²) in [4.78, 5) is 0. The lowest BCUT2D eigenvalue weighted by Gasteiger charge is -2.51. The van der Waals surface area contributed by atoms with Crippen LogP contribution in [0, 0.1) is 22.7 Å². The average Bonchev–Trinajstić information content (AvgIpc) is 2.53. The molecular formula is C15H24O2. The fourth-order valence-corrected chi connectivity index (χ4v) is 5.43. The molecule has 2 nitrogen and oxygen atoms in total. The summed E-state index contributed by atoms with van der Waals surface area (Å²) in [6.07, 6.45) is 2.50. The molecule has 0 amide bonds. The first kappa shape index (κ1) is 11.7. The van der Waals surface area contributed by atoms with Gasteiger partial charge in [-0.25, -0.2) is 0 Å². The number of fused-ring (bicyclic) bond motifs is 1. The summed E-state index contributed by atoms with van der Waals surface area (Å²) in [5.41, 5.74) is 2.43. The third-order valence-corrected chi connectivity index (χ3v) is 6.43. The molecule has 0 heterocycles. The summed E-state index contributed by atoms with van der Waals surface area (Å²) < 4.78 is 0. The fourth-order valence-electron chi connectivity index (χ4n) is 5.43. The van der Waals surface area contributed by atoms with Gasteiger partial charge in [-0.1, -0.05) is 20.8 Å². The molecule has 2 fully saturated rings. The molecule has 5 atom stereocenters. The first-order chi connectivity index (χ1) is 7.84. The van der Waals surface area contributed by atoms with Crippen molar-refractivity contribution in [3.05, 3.63) is 11.1 Å². The zero-order valence-electron chi connectivity index (χ0n) is 11.3. The molecule has 2 heteroatoms. The fraction of sp³-hybridized carbons (Fsp3) is 0.867. The molecule has 2 N–H and O–H groups in total. The zero-order chi connectivity index (χ0) is 12.6. The third-order valence-electron chi connectivity index (χ3n) is 6.43. The molecule has 17 heavy (non-hydrogen) atoms. The van der Waals surface area contributed by atoms with Crippen LogP contribution in [0.3, 0.4) is 0 Å². The molecular weight excluding hydrogens is 212 g/mol. The summed E-state index contributed by atoms with van der Waals surface area (Å²) in [6.45, 7) is 8.92. The molecule has 0 aromatic rings. The van der Waals surface area contributed by atoms with Gasteiger partial charge in [-0.2, -0.15) is 0 Å². The molecule has 1 spiro atoms. The van der Waals surface area contributed by atoms with Gasteiger partial charge in [-0.3, -0.25) is 0 Å². The minimum absolute atomic E-state index is 0.0544. The molecule has 0 aromatic carbocycles. The van der Waals surface area contributed by atoms with Gasteiger partial charge in [0, 0.05) is 5.41 Å². The van der Waals surface area contributed by atoms with Crippen molar-refractivity contribution in [2.24, 2.45) is 22.7 Å². The summed E-state index contributed by atoms with van der Waals surface area (Å²) in [5.74, 6) is 0.962. The van der Waals surface area contributed by atoms with Gasteiger partial charge in [-0.05, 0) is 54.6 Å². The Hall–Kier alpha value is -0.340. The molecule has 2 saturated carbocycles. The van der Waals surface area contributed by atoms with E-state index in [4.69, 9.17) is 0 Å². The highest BCUT2D eigenvalue weighted by molar-refractivity contribution is 5.43. The van der Waals surface area contributed by atoms with Crippen LogP contribution in [0.15, 0.2) is 11.1 Å². The van der Waals surface area contributed by atoms with Gasteiger partial charge in [0.1, 0.15) is 0 Å². The maximum atomic E-state index is 10.6. The van der Waals surface area contributed by atoms with E-state index in [-0.39, 0.29) is 23.0 Å². The van der Waals surface area contributed by atoms with E-state index in [0.29, 0.717) is 11.8 Å². The van der Waals surface area contributed by atoms with Gasteiger partial charge in [0.25, 0.3) is 0 Å². The maximum absolute atomic E-state index is 10.6. The molecule has 3 aliphatic carbocycles. The van der Waals surface area contributed by atoms with E-state index < -0.39 is 0 Å². The standard InChI is InChI=1S/C15H24O2/c1-8-5-6-10-13(17)12-9(2)11(16)7-15(8,12)14(10,3)4/h8,10-11,13,16-17H,5-7H2,1-4H3. The Balaban J connectivity index is 2.25. The van der Waals surface area contributed by atoms with Crippen LogP contribution in [0.4, 0.5) is 0 Å². The summed E-state index contributed by atoms with van der Waals surface area (Å²) >= 11 is 0. The molecule has 5 unspecified atom stereocenters. The minimum atomic E-state index is -0.333. The number of aliphatic hydroxyl groups excluding tert-OH is 2. The molecule has 3 rings (SSSR count). The van der Waals surface area contributed by atoms with Crippen LogP contribution < -0.4 is 0 Å².